The van der Waals surface area contributed by atoms with Crippen LogP contribution in [-0.4, -0.2) is 41.1 Å². The van der Waals surface area contributed by atoms with Gasteiger partial charge >= 0.3 is 0 Å². The monoisotopic (exact) mass is 266 g/mol. The second-order valence-electron chi connectivity index (χ2n) is 6.26. The summed E-state index contributed by atoms with van der Waals surface area (Å²) in [6, 6.07) is 1.06. The van der Waals surface area contributed by atoms with Gasteiger partial charge < -0.3 is 14.8 Å². The number of rotatable bonds is 8. The van der Waals surface area contributed by atoms with Crippen LogP contribution in [0.15, 0.2) is 12.5 Å². The lowest BCUT2D eigenvalue weighted by molar-refractivity contribution is 0.246. The molecule has 1 rings (SSSR count). The number of hydrogen-bond donors (Lipinski definition) is 1. The highest BCUT2D eigenvalue weighted by atomic mass is 15.1. The highest BCUT2D eigenvalue weighted by Gasteiger charge is 2.13. The van der Waals surface area contributed by atoms with Gasteiger partial charge in [0.25, 0.3) is 0 Å². The van der Waals surface area contributed by atoms with Crippen LogP contribution in [-0.2, 0) is 6.54 Å². The van der Waals surface area contributed by atoms with Gasteiger partial charge in [-0.25, -0.2) is 4.98 Å². The Hall–Kier alpha value is -0.870. The molecule has 0 aromatic carbocycles. The molecule has 4 nitrogen and oxygen atoms in total. The highest BCUT2D eigenvalue weighted by molar-refractivity contribution is 4.99. The molecule has 0 saturated heterocycles. The van der Waals surface area contributed by atoms with Crippen molar-refractivity contribution in [1.29, 1.82) is 0 Å². The fraction of sp³-hybridized carbons (Fsp3) is 0.800. The molecule has 0 aliphatic rings. The molecular formula is C15H30N4. The normalized spacial score (nSPS) is 13.7. The topological polar surface area (TPSA) is 33.1 Å². The first-order chi connectivity index (χ1) is 8.91. The number of aromatic nitrogens is 2. The first-order valence-electron chi connectivity index (χ1n) is 7.29. The molecule has 110 valence electrons. The lowest BCUT2D eigenvalue weighted by Crippen LogP contribution is -2.38. The Kier molecular flexibility index (Phi) is 6.52. The zero-order chi connectivity index (χ0) is 14.4. The van der Waals surface area contributed by atoms with Crippen molar-refractivity contribution in [3.8, 4) is 0 Å². The average molecular weight is 266 g/mol. The van der Waals surface area contributed by atoms with E-state index < -0.39 is 0 Å². The zero-order valence-electron chi connectivity index (χ0n) is 13.3. The Morgan fingerprint density at radius 1 is 1.26 bits per heavy atom. The summed E-state index contributed by atoms with van der Waals surface area (Å²) in [5.41, 5.74) is 1.26. The molecule has 0 amide bonds. The first-order valence-corrected chi connectivity index (χ1v) is 7.29. The van der Waals surface area contributed by atoms with E-state index >= 15 is 0 Å². The van der Waals surface area contributed by atoms with Gasteiger partial charge in [-0.3, -0.25) is 0 Å². The van der Waals surface area contributed by atoms with Crippen LogP contribution in [0.25, 0.3) is 0 Å². The van der Waals surface area contributed by atoms with E-state index in [0.29, 0.717) is 12.1 Å². The van der Waals surface area contributed by atoms with Crippen LogP contribution in [0.2, 0.25) is 0 Å². The number of nitrogens with one attached hydrogen (secondary N) is 1. The second kappa shape index (κ2) is 7.65. The van der Waals surface area contributed by atoms with E-state index in [0.717, 1.165) is 19.0 Å². The van der Waals surface area contributed by atoms with Gasteiger partial charge in [-0.15, -0.1) is 0 Å². The summed E-state index contributed by atoms with van der Waals surface area (Å²) in [5.74, 6) is 0.732. The number of nitrogens with zero attached hydrogens (tertiary/aromatic N) is 3. The van der Waals surface area contributed by atoms with Crippen LogP contribution in [0.4, 0.5) is 0 Å². The zero-order valence-corrected chi connectivity index (χ0v) is 13.3. The summed E-state index contributed by atoms with van der Waals surface area (Å²) >= 11 is 0. The van der Waals surface area contributed by atoms with Crippen molar-refractivity contribution in [2.24, 2.45) is 5.92 Å². The molecule has 1 aromatic heterocycles. The molecule has 0 bridgehead atoms. The molecular weight excluding hydrogens is 236 g/mol. The fourth-order valence-corrected chi connectivity index (χ4v) is 2.32. The molecule has 1 heterocycles. The molecule has 0 fully saturated rings. The molecule has 1 N–H and O–H groups in total. The molecule has 0 aliphatic heterocycles. The summed E-state index contributed by atoms with van der Waals surface area (Å²) in [4.78, 5) is 6.55. The van der Waals surface area contributed by atoms with E-state index in [1.807, 2.05) is 12.5 Å². The molecule has 0 spiro atoms. The van der Waals surface area contributed by atoms with Gasteiger partial charge in [0.05, 0.1) is 12.0 Å². The molecule has 1 atom stereocenters. The van der Waals surface area contributed by atoms with Crippen molar-refractivity contribution in [3.63, 3.8) is 0 Å². The summed E-state index contributed by atoms with van der Waals surface area (Å²) < 4.78 is 2.22. The molecule has 4 heteroatoms. The van der Waals surface area contributed by atoms with Crippen LogP contribution in [0.1, 0.15) is 45.9 Å². The van der Waals surface area contributed by atoms with Crippen LogP contribution < -0.4 is 5.32 Å². The van der Waals surface area contributed by atoms with E-state index in [-0.39, 0.29) is 0 Å². The van der Waals surface area contributed by atoms with Gasteiger partial charge in [0.2, 0.25) is 0 Å². The van der Waals surface area contributed by atoms with Crippen molar-refractivity contribution in [2.75, 3.05) is 20.6 Å². The van der Waals surface area contributed by atoms with Crippen molar-refractivity contribution >= 4 is 0 Å². The van der Waals surface area contributed by atoms with Gasteiger partial charge in [0.1, 0.15) is 0 Å². The summed E-state index contributed by atoms with van der Waals surface area (Å²) in [5, 5.41) is 3.57. The third-order valence-electron chi connectivity index (χ3n) is 3.46. The average Bonchev–Trinajstić information content (AvgIpc) is 2.75. The van der Waals surface area contributed by atoms with E-state index in [1.54, 1.807) is 0 Å². The van der Waals surface area contributed by atoms with Crippen LogP contribution in [0.3, 0.4) is 0 Å². The maximum Gasteiger partial charge on any atom is 0.0951 e. The molecule has 0 radical (unpaired) electrons. The van der Waals surface area contributed by atoms with Crippen LogP contribution in [0.5, 0.6) is 0 Å². The maximum absolute atomic E-state index is 4.24. The number of likely N-dealkylation sites (N-methyl/N-ethyl adjacent to an activating group) is 1. The largest absolute Gasteiger partial charge is 0.331 e. The molecule has 1 aromatic rings. The predicted octanol–water partition coefficient (Wildman–Crippen LogP) is 2.53. The Balaban J connectivity index is 2.45. The minimum absolute atomic E-state index is 0.472. The Morgan fingerprint density at radius 3 is 2.47 bits per heavy atom. The summed E-state index contributed by atoms with van der Waals surface area (Å²) in [7, 11) is 4.32. The smallest absolute Gasteiger partial charge is 0.0951 e. The van der Waals surface area contributed by atoms with Gasteiger partial charge in [-0.05, 0) is 40.3 Å². The van der Waals surface area contributed by atoms with Gasteiger partial charge in [0, 0.05) is 31.4 Å². The number of hydrogen-bond acceptors (Lipinski definition) is 3. The Labute approximate surface area is 118 Å². The van der Waals surface area contributed by atoms with Gasteiger partial charge in [0.15, 0.2) is 0 Å². The van der Waals surface area contributed by atoms with Crippen molar-refractivity contribution in [1.82, 2.24) is 19.8 Å². The lowest BCUT2D eigenvalue weighted by Gasteiger charge is -2.26. The quantitative estimate of drug-likeness (QED) is 0.785. The molecule has 19 heavy (non-hydrogen) atoms. The van der Waals surface area contributed by atoms with Crippen LogP contribution in [0, 0.1) is 5.92 Å². The SMILES string of the molecule is CC(C)CC(CNCc1cncn1C(C)C)N(C)C. The Morgan fingerprint density at radius 2 is 1.95 bits per heavy atom. The van der Waals surface area contributed by atoms with Crippen LogP contribution >= 0.6 is 0 Å². The van der Waals surface area contributed by atoms with Crippen molar-refractivity contribution in [3.05, 3.63) is 18.2 Å². The maximum atomic E-state index is 4.24. The first kappa shape index (κ1) is 16.2. The van der Waals surface area contributed by atoms with E-state index in [9.17, 15) is 0 Å². The summed E-state index contributed by atoms with van der Waals surface area (Å²) in [6.45, 7) is 10.9. The van der Waals surface area contributed by atoms with Gasteiger partial charge in [-0.2, -0.15) is 0 Å². The molecule has 0 saturated carbocycles. The third-order valence-corrected chi connectivity index (χ3v) is 3.46. The fourth-order valence-electron chi connectivity index (χ4n) is 2.32. The van der Waals surface area contributed by atoms with Crippen molar-refractivity contribution in [2.45, 2.75) is 52.7 Å². The van der Waals surface area contributed by atoms with E-state index in [2.05, 4.69) is 61.6 Å². The minimum Gasteiger partial charge on any atom is -0.331 e. The minimum atomic E-state index is 0.472. The summed E-state index contributed by atoms with van der Waals surface area (Å²) in [6.07, 6.45) is 5.10. The predicted molar refractivity (Wildman–Crippen MR) is 81.2 cm³/mol. The third kappa shape index (κ3) is 5.33. The van der Waals surface area contributed by atoms with E-state index in [1.165, 1.54) is 12.1 Å². The number of imidazole rings is 1. The van der Waals surface area contributed by atoms with Gasteiger partial charge in [-0.1, -0.05) is 13.8 Å². The highest BCUT2D eigenvalue weighted by Crippen LogP contribution is 2.10. The van der Waals surface area contributed by atoms with E-state index in [4.69, 9.17) is 0 Å². The second-order valence-corrected chi connectivity index (χ2v) is 6.26. The Bertz CT molecular complexity index is 355. The lowest BCUT2D eigenvalue weighted by atomic mass is 10.0. The van der Waals surface area contributed by atoms with Crippen molar-refractivity contribution < 1.29 is 0 Å². The molecule has 0 aliphatic carbocycles. The molecule has 1 unspecified atom stereocenters. The standard InChI is InChI=1S/C15H30N4/c1-12(2)7-14(18(5)6)8-16-9-15-10-17-11-19(15)13(3)4/h10-14,16H,7-9H2,1-6H3.